The Bertz CT molecular complexity index is 1230. The maximum atomic E-state index is 12.8. The molecule has 132 valence electrons. The van der Waals surface area contributed by atoms with Crippen molar-refractivity contribution in [3.05, 3.63) is 76.8 Å². The van der Waals surface area contributed by atoms with E-state index < -0.39 is 0 Å². The van der Waals surface area contributed by atoms with Gasteiger partial charge in [-0.2, -0.15) is 9.78 Å². The Balaban J connectivity index is 1.50. The van der Waals surface area contributed by atoms with E-state index in [1.807, 2.05) is 54.6 Å². The van der Waals surface area contributed by atoms with E-state index in [1.54, 1.807) is 6.21 Å². The fourth-order valence-electron chi connectivity index (χ4n) is 2.86. The summed E-state index contributed by atoms with van der Waals surface area (Å²) in [5.74, 6) is 1.38. The Morgan fingerprint density at radius 1 is 1.07 bits per heavy atom. The van der Waals surface area contributed by atoms with Gasteiger partial charge in [-0.1, -0.05) is 30.3 Å². The molecule has 0 amide bonds. The topological polar surface area (TPSA) is 65.7 Å². The number of ether oxygens (including phenoxy) is 2. The zero-order valence-electron chi connectivity index (χ0n) is 14.0. The minimum absolute atomic E-state index is 0.199. The molecule has 1 aliphatic rings. The summed E-state index contributed by atoms with van der Waals surface area (Å²) in [7, 11) is 0. The van der Waals surface area contributed by atoms with E-state index in [0.29, 0.717) is 21.7 Å². The van der Waals surface area contributed by atoms with Gasteiger partial charge >= 0.3 is 0 Å². The Hall–Kier alpha value is -3.45. The molecule has 5 rings (SSSR count). The summed E-state index contributed by atoms with van der Waals surface area (Å²) in [6.07, 6.45) is 3.04. The minimum Gasteiger partial charge on any atom is -0.454 e. The van der Waals surface area contributed by atoms with E-state index in [1.165, 1.54) is 22.3 Å². The second-order valence-electron chi connectivity index (χ2n) is 5.95. The van der Waals surface area contributed by atoms with Crippen molar-refractivity contribution >= 4 is 27.8 Å². The van der Waals surface area contributed by atoms with Gasteiger partial charge in [0, 0.05) is 4.88 Å². The lowest BCUT2D eigenvalue weighted by molar-refractivity contribution is 0.174. The predicted octanol–water partition coefficient (Wildman–Crippen LogP) is 3.74. The van der Waals surface area contributed by atoms with Crippen LogP contribution in [0.4, 0.5) is 0 Å². The lowest BCUT2D eigenvalue weighted by Gasteiger charge is -1.99. The minimum atomic E-state index is -0.199. The quantitative estimate of drug-likeness (QED) is 0.512. The van der Waals surface area contributed by atoms with Crippen LogP contribution in [0.3, 0.4) is 0 Å². The highest BCUT2D eigenvalue weighted by Crippen LogP contribution is 2.32. The van der Waals surface area contributed by atoms with Gasteiger partial charge in [0.1, 0.15) is 11.2 Å². The van der Waals surface area contributed by atoms with Crippen molar-refractivity contribution in [3.8, 4) is 21.9 Å². The van der Waals surface area contributed by atoms with Crippen molar-refractivity contribution < 1.29 is 9.47 Å². The molecule has 2 aromatic carbocycles. The molecule has 0 radical (unpaired) electrons. The zero-order valence-corrected chi connectivity index (χ0v) is 14.8. The van der Waals surface area contributed by atoms with Crippen molar-refractivity contribution in [2.45, 2.75) is 0 Å². The molecule has 0 spiro atoms. The molecule has 0 atom stereocenters. The van der Waals surface area contributed by atoms with Gasteiger partial charge in [0.25, 0.3) is 5.56 Å². The van der Waals surface area contributed by atoms with Crippen molar-refractivity contribution in [1.29, 1.82) is 0 Å². The molecule has 0 saturated carbocycles. The molecule has 7 heteroatoms. The largest absolute Gasteiger partial charge is 0.454 e. The SMILES string of the molecule is O=c1c2cc(-c3ccccc3)sc2ncn1/N=C\c1ccc2c(c1)OCO2. The molecule has 2 aromatic heterocycles. The van der Waals surface area contributed by atoms with Gasteiger partial charge in [0.2, 0.25) is 6.79 Å². The molecule has 4 aromatic rings. The second-order valence-corrected chi connectivity index (χ2v) is 6.98. The lowest BCUT2D eigenvalue weighted by Crippen LogP contribution is -2.16. The van der Waals surface area contributed by atoms with Crippen LogP contribution in [0.5, 0.6) is 11.5 Å². The third-order valence-corrected chi connectivity index (χ3v) is 5.31. The highest BCUT2D eigenvalue weighted by atomic mass is 32.1. The van der Waals surface area contributed by atoms with E-state index in [4.69, 9.17) is 9.47 Å². The van der Waals surface area contributed by atoms with Crippen LogP contribution in [0.25, 0.3) is 20.7 Å². The number of fused-ring (bicyclic) bond motifs is 2. The summed E-state index contributed by atoms with van der Waals surface area (Å²) in [5, 5.41) is 4.82. The van der Waals surface area contributed by atoms with Gasteiger partial charge in [-0.3, -0.25) is 4.79 Å². The third kappa shape index (κ3) is 2.88. The van der Waals surface area contributed by atoms with Crippen molar-refractivity contribution in [2.24, 2.45) is 5.10 Å². The molecule has 0 unspecified atom stereocenters. The fraction of sp³-hybridized carbons (Fsp3) is 0.0500. The molecule has 3 heterocycles. The number of rotatable bonds is 3. The molecule has 6 nitrogen and oxygen atoms in total. The second kappa shape index (κ2) is 6.37. The normalized spacial score (nSPS) is 12.9. The van der Waals surface area contributed by atoms with Crippen LogP contribution in [0.2, 0.25) is 0 Å². The summed E-state index contributed by atoms with van der Waals surface area (Å²) in [6, 6.07) is 17.3. The van der Waals surface area contributed by atoms with Gasteiger partial charge in [0.05, 0.1) is 11.6 Å². The molecule has 0 fully saturated rings. The Kier molecular flexibility index (Phi) is 3.72. The number of aromatic nitrogens is 2. The van der Waals surface area contributed by atoms with E-state index in [-0.39, 0.29) is 12.4 Å². The average molecular weight is 375 g/mol. The summed E-state index contributed by atoms with van der Waals surface area (Å²) in [4.78, 5) is 18.8. The Labute approximate surface area is 157 Å². The average Bonchev–Trinajstić information content (AvgIpc) is 3.35. The Morgan fingerprint density at radius 3 is 2.81 bits per heavy atom. The number of nitrogens with zero attached hydrogens (tertiary/aromatic N) is 3. The molecule has 0 N–H and O–H groups in total. The maximum absolute atomic E-state index is 12.8. The van der Waals surface area contributed by atoms with E-state index >= 15 is 0 Å². The van der Waals surface area contributed by atoms with Crippen molar-refractivity contribution in [3.63, 3.8) is 0 Å². The van der Waals surface area contributed by atoms with Crippen LogP contribution in [0.1, 0.15) is 5.56 Å². The zero-order chi connectivity index (χ0) is 18.2. The molecule has 0 bridgehead atoms. The summed E-state index contributed by atoms with van der Waals surface area (Å²) in [6.45, 7) is 0.220. The van der Waals surface area contributed by atoms with Crippen LogP contribution in [0, 0.1) is 0 Å². The fourth-order valence-corrected chi connectivity index (χ4v) is 3.86. The van der Waals surface area contributed by atoms with Crippen LogP contribution < -0.4 is 15.0 Å². The number of hydrogen-bond acceptors (Lipinski definition) is 6. The monoisotopic (exact) mass is 375 g/mol. The standard InChI is InChI=1S/C20H13N3O3S/c24-20-15-9-18(14-4-2-1-3-5-14)27-19(15)21-11-23(20)22-10-13-6-7-16-17(8-13)26-12-25-16/h1-11H,12H2/b22-10-. The summed E-state index contributed by atoms with van der Waals surface area (Å²) >= 11 is 1.49. The highest BCUT2D eigenvalue weighted by Gasteiger charge is 2.13. The first-order valence-corrected chi connectivity index (χ1v) is 9.10. The first kappa shape index (κ1) is 15.8. The number of hydrogen-bond donors (Lipinski definition) is 0. The Morgan fingerprint density at radius 2 is 1.93 bits per heavy atom. The van der Waals surface area contributed by atoms with Gasteiger partial charge in [-0.15, -0.1) is 11.3 Å². The molecule has 1 aliphatic heterocycles. The molecule has 0 saturated heterocycles. The first-order chi connectivity index (χ1) is 13.3. The number of benzene rings is 2. The van der Waals surface area contributed by atoms with Gasteiger partial charge < -0.3 is 9.47 Å². The first-order valence-electron chi connectivity index (χ1n) is 8.28. The number of thiophene rings is 1. The molecular weight excluding hydrogens is 362 g/mol. The third-order valence-electron chi connectivity index (χ3n) is 4.22. The highest BCUT2D eigenvalue weighted by molar-refractivity contribution is 7.21. The van der Waals surface area contributed by atoms with E-state index in [0.717, 1.165) is 16.0 Å². The van der Waals surface area contributed by atoms with Crippen LogP contribution >= 0.6 is 11.3 Å². The van der Waals surface area contributed by atoms with Gasteiger partial charge in [-0.25, -0.2) is 4.98 Å². The predicted molar refractivity (Wildman–Crippen MR) is 105 cm³/mol. The molecular formula is C20H13N3O3S. The van der Waals surface area contributed by atoms with Crippen LogP contribution in [-0.4, -0.2) is 22.7 Å². The molecule has 0 aliphatic carbocycles. The van der Waals surface area contributed by atoms with E-state index in [2.05, 4.69) is 10.1 Å². The maximum Gasteiger partial charge on any atom is 0.282 e. The molecule has 27 heavy (non-hydrogen) atoms. The lowest BCUT2D eigenvalue weighted by atomic mass is 10.2. The van der Waals surface area contributed by atoms with Crippen molar-refractivity contribution in [2.75, 3.05) is 6.79 Å². The van der Waals surface area contributed by atoms with Crippen LogP contribution in [0.15, 0.2) is 70.8 Å². The van der Waals surface area contributed by atoms with E-state index in [9.17, 15) is 4.79 Å². The smallest absolute Gasteiger partial charge is 0.282 e. The summed E-state index contributed by atoms with van der Waals surface area (Å²) in [5.41, 5.74) is 1.67. The van der Waals surface area contributed by atoms with Gasteiger partial charge in [0.15, 0.2) is 11.5 Å². The summed E-state index contributed by atoms with van der Waals surface area (Å²) < 4.78 is 11.9. The van der Waals surface area contributed by atoms with Crippen LogP contribution in [-0.2, 0) is 0 Å². The van der Waals surface area contributed by atoms with Crippen molar-refractivity contribution in [1.82, 2.24) is 9.66 Å². The van der Waals surface area contributed by atoms with Gasteiger partial charge in [-0.05, 0) is 35.4 Å².